The maximum absolute atomic E-state index is 12.2. The van der Waals surface area contributed by atoms with Crippen molar-refractivity contribution >= 4 is 35.0 Å². The highest BCUT2D eigenvalue weighted by molar-refractivity contribution is 8.18. The lowest BCUT2D eigenvalue weighted by molar-refractivity contribution is -0.146. The number of carbonyl (C=O) groups excluding carboxylic acids is 3. The van der Waals surface area contributed by atoms with Gasteiger partial charge in [-0.05, 0) is 42.0 Å². The number of amides is 2. The van der Waals surface area contributed by atoms with Crippen LogP contribution in [0.1, 0.15) is 25.3 Å². The Morgan fingerprint density at radius 3 is 2.87 bits per heavy atom. The molecular weight excluding hydrogens is 318 g/mol. The van der Waals surface area contributed by atoms with Crippen LogP contribution < -0.4 is 0 Å². The van der Waals surface area contributed by atoms with Crippen molar-refractivity contribution in [2.24, 2.45) is 0 Å². The van der Waals surface area contributed by atoms with E-state index in [0.717, 1.165) is 29.5 Å². The lowest BCUT2D eigenvalue weighted by Crippen LogP contribution is -2.34. The van der Waals surface area contributed by atoms with Gasteiger partial charge in [0.1, 0.15) is 12.3 Å². The lowest BCUT2D eigenvalue weighted by atomic mass is 10.2. The number of rotatable bonds is 6. The molecule has 0 atom stereocenters. The minimum absolute atomic E-state index is 0.0671. The van der Waals surface area contributed by atoms with Gasteiger partial charge in [-0.25, -0.2) is 0 Å². The number of esters is 1. The molecule has 23 heavy (non-hydrogen) atoms. The summed E-state index contributed by atoms with van der Waals surface area (Å²) in [6.45, 7) is 1.87. The number of phenolic OH excluding ortho intramolecular Hbond substituents is 1. The van der Waals surface area contributed by atoms with Crippen LogP contribution in [0.2, 0.25) is 0 Å². The molecule has 7 heteroatoms. The molecule has 0 aliphatic carbocycles. The molecule has 1 heterocycles. The van der Waals surface area contributed by atoms with Gasteiger partial charge in [0.15, 0.2) is 0 Å². The molecular formula is C16H17NO5S. The molecule has 2 rings (SSSR count). The van der Waals surface area contributed by atoms with Crippen molar-refractivity contribution in [3.05, 3.63) is 34.7 Å². The van der Waals surface area contributed by atoms with E-state index in [-0.39, 0.29) is 23.8 Å². The number of hydrogen-bond donors (Lipinski definition) is 1. The van der Waals surface area contributed by atoms with Gasteiger partial charge in [0.25, 0.3) is 11.1 Å². The van der Waals surface area contributed by atoms with Crippen LogP contribution in [0.25, 0.3) is 6.08 Å². The summed E-state index contributed by atoms with van der Waals surface area (Å²) in [7, 11) is 0. The number of aromatic hydroxyl groups is 1. The fourth-order valence-corrected chi connectivity index (χ4v) is 2.75. The van der Waals surface area contributed by atoms with Gasteiger partial charge < -0.3 is 9.84 Å². The average Bonchev–Trinajstić information content (AvgIpc) is 2.75. The lowest BCUT2D eigenvalue weighted by Gasteiger charge is -2.11. The first kappa shape index (κ1) is 17.1. The van der Waals surface area contributed by atoms with Gasteiger partial charge in [-0.1, -0.05) is 25.5 Å². The van der Waals surface area contributed by atoms with Gasteiger partial charge >= 0.3 is 5.97 Å². The number of unbranched alkanes of at least 4 members (excludes halogenated alkanes) is 1. The number of imide groups is 1. The normalized spacial score (nSPS) is 16.2. The summed E-state index contributed by atoms with van der Waals surface area (Å²) in [5.74, 6) is -1.06. The quantitative estimate of drug-likeness (QED) is 0.489. The van der Waals surface area contributed by atoms with Crippen molar-refractivity contribution in [2.45, 2.75) is 19.8 Å². The zero-order valence-corrected chi connectivity index (χ0v) is 13.5. The van der Waals surface area contributed by atoms with Crippen LogP contribution in [0.5, 0.6) is 5.75 Å². The van der Waals surface area contributed by atoms with Crippen LogP contribution in [0, 0.1) is 0 Å². The first-order valence-corrected chi connectivity index (χ1v) is 8.03. The molecule has 1 aliphatic rings. The van der Waals surface area contributed by atoms with E-state index in [1.54, 1.807) is 12.1 Å². The highest BCUT2D eigenvalue weighted by Crippen LogP contribution is 2.32. The molecule has 2 amide bonds. The van der Waals surface area contributed by atoms with Crippen LogP contribution in [-0.2, 0) is 14.3 Å². The first-order chi connectivity index (χ1) is 11.0. The SMILES string of the molecule is CCCCOC(=O)CN1C(=O)S/C(=C/c2cccc(O)c2)C1=O. The van der Waals surface area contributed by atoms with Gasteiger partial charge in [-0.3, -0.25) is 19.3 Å². The molecule has 0 spiro atoms. The summed E-state index contributed by atoms with van der Waals surface area (Å²) in [5, 5.41) is 8.91. The van der Waals surface area contributed by atoms with E-state index >= 15 is 0 Å². The third kappa shape index (κ3) is 4.59. The number of thioether (sulfide) groups is 1. The van der Waals surface area contributed by atoms with Crippen LogP contribution in [0.15, 0.2) is 29.2 Å². The maximum atomic E-state index is 12.2. The Labute approximate surface area is 138 Å². The minimum atomic E-state index is -0.598. The summed E-state index contributed by atoms with van der Waals surface area (Å²) in [6.07, 6.45) is 3.14. The summed E-state index contributed by atoms with van der Waals surface area (Å²) in [6, 6.07) is 6.32. The van der Waals surface area contributed by atoms with Gasteiger partial charge in [0, 0.05) is 0 Å². The Morgan fingerprint density at radius 2 is 2.17 bits per heavy atom. The van der Waals surface area contributed by atoms with Crippen LogP contribution >= 0.6 is 11.8 Å². The molecule has 122 valence electrons. The predicted molar refractivity (Wildman–Crippen MR) is 86.7 cm³/mol. The topological polar surface area (TPSA) is 83.9 Å². The van der Waals surface area contributed by atoms with E-state index in [1.165, 1.54) is 18.2 Å². The molecule has 1 aromatic rings. The second-order valence-electron chi connectivity index (χ2n) is 4.94. The number of phenols is 1. The van der Waals surface area contributed by atoms with Gasteiger partial charge in [0.05, 0.1) is 11.5 Å². The van der Waals surface area contributed by atoms with Crippen LogP contribution in [0.4, 0.5) is 4.79 Å². The van der Waals surface area contributed by atoms with Crippen molar-refractivity contribution in [2.75, 3.05) is 13.2 Å². The fraction of sp³-hybridized carbons (Fsp3) is 0.312. The summed E-state index contributed by atoms with van der Waals surface area (Å²) in [4.78, 5) is 36.8. The van der Waals surface area contributed by atoms with Crippen molar-refractivity contribution in [3.8, 4) is 5.75 Å². The number of ether oxygens (including phenoxy) is 1. The molecule has 1 saturated heterocycles. The molecule has 6 nitrogen and oxygen atoms in total. The smallest absolute Gasteiger partial charge is 0.326 e. The Hall–Kier alpha value is -2.28. The Bertz CT molecular complexity index is 656. The predicted octanol–water partition coefficient (Wildman–Crippen LogP) is 2.77. The molecule has 1 aromatic carbocycles. The zero-order valence-electron chi connectivity index (χ0n) is 12.7. The number of benzene rings is 1. The number of hydrogen-bond acceptors (Lipinski definition) is 6. The highest BCUT2D eigenvalue weighted by atomic mass is 32.2. The first-order valence-electron chi connectivity index (χ1n) is 7.21. The van der Waals surface area contributed by atoms with E-state index in [9.17, 15) is 19.5 Å². The average molecular weight is 335 g/mol. The van der Waals surface area contributed by atoms with Crippen molar-refractivity contribution in [1.29, 1.82) is 0 Å². The number of carbonyl (C=O) groups is 3. The van der Waals surface area contributed by atoms with Crippen molar-refractivity contribution in [1.82, 2.24) is 4.90 Å². The zero-order chi connectivity index (χ0) is 16.8. The second kappa shape index (κ2) is 7.82. The van der Waals surface area contributed by atoms with E-state index in [0.29, 0.717) is 5.56 Å². The molecule has 0 bridgehead atoms. The van der Waals surface area contributed by atoms with E-state index < -0.39 is 17.1 Å². The Morgan fingerprint density at radius 1 is 1.39 bits per heavy atom. The minimum Gasteiger partial charge on any atom is -0.508 e. The molecule has 0 aromatic heterocycles. The molecule has 1 N–H and O–H groups in total. The maximum Gasteiger partial charge on any atom is 0.326 e. The standard InChI is InChI=1S/C16H17NO5S/c1-2-3-7-22-14(19)10-17-15(20)13(23-16(17)21)9-11-5-4-6-12(18)8-11/h4-6,8-9,18H,2-3,7,10H2,1H3/b13-9+. The van der Waals surface area contributed by atoms with Crippen LogP contribution in [0.3, 0.4) is 0 Å². The second-order valence-corrected chi connectivity index (χ2v) is 5.93. The van der Waals surface area contributed by atoms with Crippen molar-refractivity contribution < 1.29 is 24.2 Å². The molecule has 0 saturated carbocycles. The van der Waals surface area contributed by atoms with Crippen LogP contribution in [-0.4, -0.2) is 40.3 Å². The summed E-state index contributed by atoms with van der Waals surface area (Å²) >= 11 is 0.762. The fourth-order valence-electron chi connectivity index (χ4n) is 1.91. The van der Waals surface area contributed by atoms with E-state index in [2.05, 4.69) is 0 Å². The molecule has 1 fully saturated rings. The largest absolute Gasteiger partial charge is 0.508 e. The Balaban J connectivity index is 2.03. The van der Waals surface area contributed by atoms with E-state index in [4.69, 9.17) is 4.74 Å². The van der Waals surface area contributed by atoms with Gasteiger partial charge in [0.2, 0.25) is 0 Å². The van der Waals surface area contributed by atoms with Crippen molar-refractivity contribution in [3.63, 3.8) is 0 Å². The monoisotopic (exact) mass is 335 g/mol. The van der Waals surface area contributed by atoms with Gasteiger partial charge in [-0.2, -0.15) is 0 Å². The molecule has 0 unspecified atom stereocenters. The Kier molecular flexibility index (Phi) is 5.81. The molecule has 0 radical (unpaired) electrons. The third-order valence-corrected chi connectivity index (χ3v) is 4.00. The summed E-state index contributed by atoms with van der Waals surface area (Å²) < 4.78 is 4.96. The number of nitrogens with zero attached hydrogens (tertiary/aromatic N) is 1. The molecule has 1 aliphatic heterocycles. The van der Waals surface area contributed by atoms with Gasteiger partial charge in [-0.15, -0.1) is 0 Å². The summed E-state index contributed by atoms with van der Waals surface area (Å²) in [5.41, 5.74) is 0.598. The van der Waals surface area contributed by atoms with E-state index in [1.807, 2.05) is 6.92 Å². The highest BCUT2D eigenvalue weighted by Gasteiger charge is 2.36. The third-order valence-electron chi connectivity index (χ3n) is 3.09.